The highest BCUT2D eigenvalue weighted by atomic mass is 14.5. The van der Waals surface area contributed by atoms with E-state index in [4.69, 9.17) is 0 Å². The van der Waals surface area contributed by atoms with Gasteiger partial charge in [-0.15, -0.1) is 0 Å². The molecule has 2 fully saturated rings. The van der Waals surface area contributed by atoms with Gasteiger partial charge in [-0.2, -0.15) is 0 Å². The third-order valence-electron chi connectivity index (χ3n) is 11.1. The molecule has 0 nitrogen and oxygen atoms in total. The molecule has 38 heavy (non-hydrogen) atoms. The summed E-state index contributed by atoms with van der Waals surface area (Å²) in [6.07, 6.45) is 10.6. The van der Waals surface area contributed by atoms with Gasteiger partial charge >= 0.3 is 0 Å². The van der Waals surface area contributed by atoms with Gasteiger partial charge in [-0.3, -0.25) is 0 Å². The molecule has 0 aromatic heterocycles. The summed E-state index contributed by atoms with van der Waals surface area (Å²) in [6, 6.07) is 25.1. The molecule has 0 saturated heterocycles. The van der Waals surface area contributed by atoms with Crippen LogP contribution < -0.4 is 0 Å². The zero-order valence-corrected chi connectivity index (χ0v) is 23.6. The van der Waals surface area contributed by atoms with Crippen molar-refractivity contribution in [3.05, 3.63) is 94.0 Å². The highest BCUT2D eigenvalue weighted by molar-refractivity contribution is 6.10. The van der Waals surface area contributed by atoms with Gasteiger partial charge in [0.05, 0.1) is 0 Å². The summed E-state index contributed by atoms with van der Waals surface area (Å²) in [5, 5.41) is 2.97. The first-order chi connectivity index (χ1) is 18.4. The van der Waals surface area contributed by atoms with Gasteiger partial charge in [-0.25, -0.2) is 0 Å². The van der Waals surface area contributed by atoms with Gasteiger partial charge in [0.25, 0.3) is 0 Å². The van der Waals surface area contributed by atoms with Crippen LogP contribution in [0.2, 0.25) is 0 Å². The highest BCUT2D eigenvalue weighted by Crippen LogP contribution is 2.62. The summed E-state index contributed by atoms with van der Waals surface area (Å²) in [5.41, 5.74) is 16.0. The third-order valence-corrected chi connectivity index (χ3v) is 11.1. The Morgan fingerprint density at radius 2 is 0.868 bits per heavy atom. The van der Waals surface area contributed by atoms with E-state index in [1.807, 2.05) is 0 Å². The Labute approximate surface area is 228 Å². The fraction of sp³-hybridized carbons (Fsp3) is 0.421. The highest BCUT2D eigenvalue weighted by Gasteiger charge is 2.48. The Bertz CT molecular complexity index is 1490. The minimum Gasteiger partial charge on any atom is -0.0587 e. The minimum absolute atomic E-state index is 0.222. The Morgan fingerprint density at radius 1 is 0.474 bits per heavy atom. The zero-order valence-electron chi connectivity index (χ0n) is 23.6. The number of hydrogen-bond donors (Lipinski definition) is 0. The molecule has 2 spiro atoms. The van der Waals surface area contributed by atoms with Crippen LogP contribution in [-0.2, 0) is 10.8 Å². The van der Waals surface area contributed by atoms with Crippen LogP contribution in [0.15, 0.2) is 60.7 Å². The topological polar surface area (TPSA) is 0 Å². The van der Waals surface area contributed by atoms with Crippen LogP contribution in [0.5, 0.6) is 0 Å². The smallest absolute Gasteiger partial charge is 0.0215 e. The van der Waals surface area contributed by atoms with E-state index in [1.54, 1.807) is 33.4 Å². The van der Waals surface area contributed by atoms with Crippen molar-refractivity contribution in [1.82, 2.24) is 0 Å². The number of benzene rings is 4. The van der Waals surface area contributed by atoms with Crippen molar-refractivity contribution in [2.75, 3.05) is 0 Å². The molecule has 2 saturated carbocycles. The molecule has 0 amide bonds. The van der Waals surface area contributed by atoms with E-state index in [9.17, 15) is 0 Å². The lowest BCUT2D eigenvalue weighted by atomic mass is 9.75. The van der Waals surface area contributed by atoms with E-state index >= 15 is 0 Å². The number of fused-ring (bicyclic) bond motifs is 13. The van der Waals surface area contributed by atoms with Crippen molar-refractivity contribution in [3.63, 3.8) is 0 Å². The molecule has 8 rings (SSSR count). The maximum Gasteiger partial charge on any atom is 0.0215 e. The zero-order chi connectivity index (χ0) is 25.8. The maximum atomic E-state index is 2.58. The molecule has 4 aromatic carbocycles. The van der Waals surface area contributed by atoms with Crippen molar-refractivity contribution in [3.8, 4) is 22.3 Å². The average molecular weight is 497 g/mol. The van der Waals surface area contributed by atoms with Crippen molar-refractivity contribution in [2.24, 2.45) is 0 Å². The lowest BCUT2D eigenvalue weighted by molar-refractivity contribution is 0.548. The molecule has 192 valence electrons. The van der Waals surface area contributed by atoms with Crippen LogP contribution in [0.3, 0.4) is 0 Å². The standard InChI is InChI=1S/C38H40/c1-23(2)25-9-11-29-33(21-25)37(17-5-6-18-37)31-15-13-28-27(35(29)31)14-16-32-36(28)30-12-10-26(24(3)4)22-34(30)38(32)19-7-8-20-38/h9-16,21-24H,5-8,17-20H2,1-4H3. The van der Waals surface area contributed by atoms with Crippen LogP contribution in [0.4, 0.5) is 0 Å². The van der Waals surface area contributed by atoms with E-state index in [0.29, 0.717) is 11.8 Å². The molecule has 4 aromatic rings. The molecule has 0 bridgehead atoms. The van der Waals surface area contributed by atoms with Crippen LogP contribution >= 0.6 is 0 Å². The summed E-state index contributed by atoms with van der Waals surface area (Å²) >= 11 is 0. The molecular weight excluding hydrogens is 456 g/mol. The van der Waals surface area contributed by atoms with E-state index in [2.05, 4.69) is 88.4 Å². The number of rotatable bonds is 2. The largest absolute Gasteiger partial charge is 0.0587 e. The third kappa shape index (κ3) is 2.77. The summed E-state index contributed by atoms with van der Waals surface area (Å²) in [4.78, 5) is 0. The van der Waals surface area contributed by atoms with Gasteiger partial charge in [-0.05, 0) is 104 Å². The Hall–Kier alpha value is -2.86. The summed E-state index contributed by atoms with van der Waals surface area (Å²) in [5.74, 6) is 1.13. The Morgan fingerprint density at radius 3 is 1.24 bits per heavy atom. The SMILES string of the molecule is CC(C)c1ccc2c(c1)C1(CCCC1)c1ccc3c4c(ccc3c1-2)C1(CCCC1)c1cc(C(C)C)ccc1-4. The first-order valence-corrected chi connectivity index (χ1v) is 15.3. The maximum absolute atomic E-state index is 2.58. The normalized spacial score (nSPS) is 19.6. The van der Waals surface area contributed by atoms with Gasteiger partial charge in [0.1, 0.15) is 0 Å². The van der Waals surface area contributed by atoms with Crippen molar-refractivity contribution >= 4 is 10.8 Å². The second-order valence-electron chi connectivity index (χ2n) is 13.6. The second-order valence-corrected chi connectivity index (χ2v) is 13.6. The number of hydrogen-bond acceptors (Lipinski definition) is 0. The van der Waals surface area contributed by atoms with Gasteiger partial charge < -0.3 is 0 Å². The van der Waals surface area contributed by atoms with Crippen molar-refractivity contribution in [1.29, 1.82) is 0 Å². The summed E-state index contributed by atoms with van der Waals surface area (Å²) < 4.78 is 0. The molecule has 0 atom stereocenters. The monoisotopic (exact) mass is 496 g/mol. The minimum atomic E-state index is 0.222. The molecule has 4 aliphatic rings. The molecule has 4 aliphatic carbocycles. The van der Waals surface area contributed by atoms with Gasteiger partial charge in [-0.1, -0.05) is 114 Å². The van der Waals surface area contributed by atoms with Crippen molar-refractivity contribution < 1.29 is 0 Å². The average Bonchev–Trinajstić information content (AvgIpc) is 3.71. The fourth-order valence-corrected chi connectivity index (χ4v) is 9.18. The quantitative estimate of drug-likeness (QED) is 0.259. The van der Waals surface area contributed by atoms with Crippen LogP contribution in [0.25, 0.3) is 33.0 Å². The van der Waals surface area contributed by atoms with Crippen molar-refractivity contribution in [2.45, 2.75) is 102 Å². The van der Waals surface area contributed by atoms with Crippen LogP contribution in [0, 0.1) is 0 Å². The Balaban J connectivity index is 1.43. The summed E-state index contributed by atoms with van der Waals surface area (Å²) in [7, 11) is 0. The molecular formula is C38H40. The van der Waals surface area contributed by atoms with Gasteiger partial charge in [0.15, 0.2) is 0 Å². The van der Waals surface area contributed by atoms with Gasteiger partial charge in [0, 0.05) is 10.8 Å². The van der Waals surface area contributed by atoms with E-state index < -0.39 is 0 Å². The lowest BCUT2D eigenvalue weighted by Gasteiger charge is -2.28. The molecule has 0 radical (unpaired) electrons. The summed E-state index contributed by atoms with van der Waals surface area (Å²) in [6.45, 7) is 9.35. The fourth-order valence-electron chi connectivity index (χ4n) is 9.18. The van der Waals surface area contributed by atoms with Crippen LogP contribution in [-0.4, -0.2) is 0 Å². The molecule has 0 heteroatoms. The first kappa shape index (κ1) is 23.1. The van der Waals surface area contributed by atoms with E-state index in [-0.39, 0.29) is 10.8 Å². The Kier molecular flexibility index (Phi) is 4.76. The first-order valence-electron chi connectivity index (χ1n) is 15.3. The molecule has 0 heterocycles. The predicted octanol–water partition coefficient (Wildman–Crippen LogP) is 10.8. The lowest BCUT2D eigenvalue weighted by Crippen LogP contribution is -2.21. The molecule has 0 unspecified atom stereocenters. The van der Waals surface area contributed by atoms with E-state index in [0.717, 1.165) is 0 Å². The second kappa shape index (κ2) is 7.84. The van der Waals surface area contributed by atoms with Crippen LogP contribution in [0.1, 0.15) is 124 Å². The van der Waals surface area contributed by atoms with E-state index in [1.165, 1.54) is 84.4 Å². The van der Waals surface area contributed by atoms with Gasteiger partial charge in [0.2, 0.25) is 0 Å². The predicted molar refractivity (Wildman–Crippen MR) is 161 cm³/mol. The molecule has 0 aliphatic heterocycles. The molecule has 0 N–H and O–H groups in total.